The predicted molar refractivity (Wildman–Crippen MR) is 176 cm³/mol. The van der Waals surface area contributed by atoms with Crippen molar-refractivity contribution in [2.75, 3.05) is 23.8 Å². The van der Waals surface area contributed by atoms with Crippen molar-refractivity contribution in [3.8, 4) is 0 Å². The Balaban J connectivity index is 1.32. The van der Waals surface area contributed by atoms with Crippen molar-refractivity contribution < 1.29 is 28.7 Å². The van der Waals surface area contributed by atoms with Gasteiger partial charge in [-0.2, -0.15) is 0 Å². The quantitative estimate of drug-likeness (QED) is 0.106. The molecule has 44 heavy (non-hydrogen) atoms. The number of hydrogen-bond donors (Lipinski definition) is 2. The first kappa shape index (κ1) is 30.9. The second-order valence-corrected chi connectivity index (χ2v) is 12.2. The Hall–Kier alpha value is -4.54. The zero-order valence-electron chi connectivity index (χ0n) is 24.4. The number of unbranched alkanes of at least 4 members (excludes halogenated alkanes) is 2. The van der Waals surface area contributed by atoms with E-state index in [4.69, 9.17) is 9.47 Å². The van der Waals surface area contributed by atoms with Crippen molar-refractivity contribution in [2.45, 2.75) is 39.5 Å². The number of ether oxygens (including phenoxy) is 2. The number of hydrogen-bond acceptors (Lipinski definition) is 8. The lowest BCUT2D eigenvalue weighted by atomic mass is 10.1. The summed E-state index contributed by atoms with van der Waals surface area (Å²) in [7, 11) is 0. The fourth-order valence-electron chi connectivity index (χ4n) is 4.56. The monoisotopic (exact) mass is 628 g/mol. The van der Waals surface area contributed by atoms with Crippen molar-refractivity contribution in [1.82, 2.24) is 0 Å². The minimum absolute atomic E-state index is 0.305. The molecule has 0 spiro atoms. The van der Waals surface area contributed by atoms with Crippen LogP contribution >= 0.6 is 22.7 Å². The molecule has 8 nitrogen and oxygen atoms in total. The highest BCUT2D eigenvalue weighted by atomic mass is 32.1. The molecule has 0 unspecified atom stereocenters. The van der Waals surface area contributed by atoms with Crippen LogP contribution in [0.4, 0.5) is 10.0 Å². The molecule has 2 aromatic heterocycles. The number of anilines is 2. The van der Waals surface area contributed by atoms with Gasteiger partial charge in [0.15, 0.2) is 0 Å². The van der Waals surface area contributed by atoms with E-state index in [2.05, 4.69) is 10.6 Å². The topological polar surface area (TPSA) is 111 Å². The maximum absolute atomic E-state index is 13.2. The Morgan fingerprint density at radius 2 is 0.977 bits per heavy atom. The molecule has 2 amide bonds. The molecule has 0 bridgehead atoms. The average Bonchev–Trinajstić information content (AvgIpc) is 3.58. The fourth-order valence-corrected chi connectivity index (χ4v) is 6.73. The smallest absolute Gasteiger partial charge is 0.341 e. The first-order valence-electron chi connectivity index (χ1n) is 14.5. The molecule has 0 aliphatic carbocycles. The van der Waals surface area contributed by atoms with Gasteiger partial charge in [-0.25, -0.2) is 9.59 Å². The van der Waals surface area contributed by atoms with Gasteiger partial charge in [-0.1, -0.05) is 63.1 Å². The Kier molecular flexibility index (Phi) is 10.0. The molecule has 226 valence electrons. The number of fused-ring (bicyclic) bond motifs is 2. The van der Waals surface area contributed by atoms with Crippen LogP contribution in [0.15, 0.2) is 72.8 Å². The van der Waals surface area contributed by atoms with Gasteiger partial charge in [0.25, 0.3) is 11.8 Å². The minimum Gasteiger partial charge on any atom is -0.462 e. The summed E-state index contributed by atoms with van der Waals surface area (Å²) in [5.41, 5.74) is 1.29. The van der Waals surface area contributed by atoms with Gasteiger partial charge in [-0.3, -0.25) is 9.59 Å². The van der Waals surface area contributed by atoms with Crippen molar-refractivity contribution in [3.05, 3.63) is 95.1 Å². The van der Waals surface area contributed by atoms with E-state index in [-0.39, 0.29) is 0 Å². The van der Waals surface area contributed by atoms with Crippen LogP contribution in [-0.2, 0) is 9.47 Å². The van der Waals surface area contributed by atoms with Crippen molar-refractivity contribution in [2.24, 2.45) is 0 Å². The van der Waals surface area contributed by atoms with Gasteiger partial charge in [0.1, 0.15) is 21.1 Å². The molecule has 0 aliphatic rings. The summed E-state index contributed by atoms with van der Waals surface area (Å²) in [6.45, 7) is 4.64. The van der Waals surface area contributed by atoms with Crippen LogP contribution in [0, 0.1) is 0 Å². The summed E-state index contributed by atoms with van der Waals surface area (Å²) in [4.78, 5) is 52.3. The van der Waals surface area contributed by atoms with E-state index in [1.165, 1.54) is 22.7 Å². The molecule has 0 saturated carbocycles. The lowest BCUT2D eigenvalue weighted by Crippen LogP contribution is -2.16. The standard InChI is InChI=1S/C34H32N2O6S2/c1-3-5-19-41-33(39)27-23-11-7-9-13-25(23)43-31(27)35-29(37)21-15-17-22(18-16-21)30(38)36-32-28(34(40)42-20-6-4-2)24-12-8-10-14-26(24)44-32/h7-18H,3-6,19-20H2,1-2H3,(H,35,37)(H,36,38). The Morgan fingerprint density at radius 3 is 1.36 bits per heavy atom. The summed E-state index contributed by atoms with van der Waals surface area (Å²) in [6, 6.07) is 21.0. The molecule has 5 aromatic rings. The van der Waals surface area contributed by atoms with Gasteiger partial charge in [0.2, 0.25) is 0 Å². The number of thiophene rings is 2. The maximum Gasteiger partial charge on any atom is 0.341 e. The van der Waals surface area contributed by atoms with E-state index in [0.29, 0.717) is 45.5 Å². The SMILES string of the molecule is CCCCOC(=O)c1c(NC(=O)c2ccc(C(=O)Nc3sc4ccccc4c3C(=O)OCCCC)cc2)sc2ccccc12. The van der Waals surface area contributed by atoms with Crippen molar-refractivity contribution >= 4 is 76.6 Å². The van der Waals surface area contributed by atoms with Crippen molar-refractivity contribution in [1.29, 1.82) is 0 Å². The average molecular weight is 629 g/mol. The Morgan fingerprint density at radius 1 is 0.591 bits per heavy atom. The fraction of sp³-hybridized carbons (Fsp3) is 0.235. The zero-order chi connectivity index (χ0) is 31.1. The van der Waals surface area contributed by atoms with Gasteiger partial charge < -0.3 is 20.1 Å². The van der Waals surface area contributed by atoms with E-state index in [9.17, 15) is 19.2 Å². The zero-order valence-corrected chi connectivity index (χ0v) is 26.1. The van der Waals surface area contributed by atoms with Crippen LogP contribution in [-0.4, -0.2) is 37.0 Å². The lowest BCUT2D eigenvalue weighted by molar-refractivity contribution is 0.0494. The number of carbonyl (C=O) groups excluding carboxylic acids is 4. The molecule has 3 aromatic carbocycles. The van der Waals surface area contributed by atoms with E-state index in [1.54, 1.807) is 24.3 Å². The van der Waals surface area contributed by atoms with Crippen LogP contribution in [0.25, 0.3) is 20.2 Å². The molecule has 0 aliphatic heterocycles. The highest BCUT2D eigenvalue weighted by molar-refractivity contribution is 7.24. The second-order valence-electron chi connectivity index (χ2n) is 10.1. The third-order valence-electron chi connectivity index (χ3n) is 6.92. The Bertz CT molecular complexity index is 1690. The number of nitrogens with one attached hydrogen (secondary N) is 2. The molecule has 5 rings (SSSR count). The van der Waals surface area contributed by atoms with Gasteiger partial charge in [-0.15, -0.1) is 22.7 Å². The third kappa shape index (κ3) is 6.82. The predicted octanol–water partition coefficient (Wildman–Crippen LogP) is 8.53. The molecule has 2 N–H and O–H groups in total. The van der Waals surface area contributed by atoms with Gasteiger partial charge in [-0.05, 0) is 49.2 Å². The van der Waals surface area contributed by atoms with E-state index in [0.717, 1.165) is 45.9 Å². The van der Waals surface area contributed by atoms with Crippen LogP contribution in [0.5, 0.6) is 0 Å². The lowest BCUT2D eigenvalue weighted by Gasteiger charge is -2.09. The number of esters is 2. The third-order valence-corrected chi connectivity index (χ3v) is 9.10. The molecular weight excluding hydrogens is 597 g/mol. The van der Waals surface area contributed by atoms with Gasteiger partial charge in [0.05, 0.1) is 13.2 Å². The van der Waals surface area contributed by atoms with Crippen LogP contribution in [0.3, 0.4) is 0 Å². The maximum atomic E-state index is 13.2. The number of benzene rings is 3. The summed E-state index contributed by atoms with van der Waals surface area (Å²) in [5.74, 6) is -1.80. The number of carbonyl (C=O) groups is 4. The first-order valence-corrected chi connectivity index (χ1v) is 16.1. The summed E-state index contributed by atoms with van der Waals surface area (Å²) in [5, 5.41) is 7.97. The number of rotatable bonds is 12. The van der Waals surface area contributed by atoms with E-state index < -0.39 is 23.8 Å². The van der Waals surface area contributed by atoms with Crippen LogP contribution in [0.1, 0.15) is 81.0 Å². The first-order chi connectivity index (χ1) is 21.4. The summed E-state index contributed by atoms with van der Waals surface area (Å²) >= 11 is 2.60. The molecule has 0 fully saturated rings. The highest BCUT2D eigenvalue weighted by Crippen LogP contribution is 2.38. The summed E-state index contributed by atoms with van der Waals surface area (Å²) in [6.07, 6.45) is 3.30. The van der Waals surface area contributed by atoms with E-state index in [1.807, 2.05) is 62.4 Å². The molecule has 2 heterocycles. The molecular formula is C34H32N2O6S2. The largest absolute Gasteiger partial charge is 0.462 e. The summed E-state index contributed by atoms with van der Waals surface area (Å²) < 4.78 is 12.6. The molecule has 0 atom stereocenters. The number of amides is 2. The molecule has 0 radical (unpaired) electrons. The van der Waals surface area contributed by atoms with Gasteiger partial charge in [0, 0.05) is 31.3 Å². The molecule has 0 saturated heterocycles. The minimum atomic E-state index is -0.479. The van der Waals surface area contributed by atoms with E-state index >= 15 is 0 Å². The highest BCUT2D eigenvalue weighted by Gasteiger charge is 2.24. The van der Waals surface area contributed by atoms with Crippen molar-refractivity contribution in [3.63, 3.8) is 0 Å². The van der Waals surface area contributed by atoms with Crippen LogP contribution < -0.4 is 10.6 Å². The molecule has 10 heteroatoms. The van der Waals surface area contributed by atoms with Gasteiger partial charge >= 0.3 is 11.9 Å². The Labute approximate surface area is 263 Å². The second kappa shape index (κ2) is 14.3. The normalized spacial score (nSPS) is 11.0. The van der Waals surface area contributed by atoms with Crippen LogP contribution in [0.2, 0.25) is 0 Å².